The molecule has 2 aliphatic rings. The quantitative estimate of drug-likeness (QED) is 0.920. The van der Waals surface area contributed by atoms with Gasteiger partial charge in [-0.15, -0.1) is 0 Å². The molecule has 0 bridgehead atoms. The Morgan fingerprint density at radius 3 is 2.92 bits per heavy atom. The number of aliphatic hydroxyl groups excluding tert-OH is 1. The zero-order chi connectivity index (χ0) is 16.6. The molecule has 0 spiro atoms. The molecule has 4 nitrogen and oxygen atoms in total. The largest absolute Gasteiger partial charge is 0.460 e. The number of nitrogens with zero attached hydrogens (tertiary/aromatic N) is 1. The van der Waals surface area contributed by atoms with E-state index < -0.39 is 0 Å². The van der Waals surface area contributed by atoms with E-state index in [4.69, 9.17) is 20.8 Å². The molecular weight excluding hydrogens is 326 g/mol. The summed E-state index contributed by atoms with van der Waals surface area (Å²) in [6.45, 7) is 4.26. The van der Waals surface area contributed by atoms with Crippen molar-refractivity contribution in [2.75, 3.05) is 32.9 Å². The summed E-state index contributed by atoms with van der Waals surface area (Å²) in [7, 11) is 0. The third kappa shape index (κ3) is 2.88. The van der Waals surface area contributed by atoms with E-state index in [1.165, 1.54) is 0 Å². The number of aliphatic hydroxyl groups is 1. The second kappa shape index (κ2) is 6.52. The average molecular weight is 348 g/mol. The summed E-state index contributed by atoms with van der Waals surface area (Å²) < 4.78 is 11.6. The molecule has 2 saturated heterocycles. The molecule has 0 saturated carbocycles. The lowest BCUT2D eigenvalue weighted by Gasteiger charge is -2.36. The maximum absolute atomic E-state index is 9.87. The Hall–Kier alpha value is -1.33. The minimum Gasteiger partial charge on any atom is -0.460 e. The molecular formula is C19H22ClNO3. The molecule has 128 valence electrons. The molecule has 1 N–H and O–H groups in total. The number of benzene rings is 1. The predicted octanol–water partition coefficient (Wildman–Crippen LogP) is 3.43. The standard InChI is InChI=1S/C19H22ClNO3/c20-17-4-2-1-3-16(17)18-6-5-15(24-18)10-21-9-14-7-8-23-13-19(14,11-21)12-22/h1-6,14,22H,7-13H2/t14-,19+/m0/s1. The minimum atomic E-state index is -0.101. The summed E-state index contributed by atoms with van der Waals surface area (Å²) in [6.07, 6.45) is 1.03. The van der Waals surface area contributed by atoms with Crippen LogP contribution in [0, 0.1) is 11.3 Å². The van der Waals surface area contributed by atoms with Crippen molar-refractivity contribution >= 4 is 11.6 Å². The highest BCUT2D eigenvalue weighted by molar-refractivity contribution is 6.33. The first kappa shape index (κ1) is 16.2. The van der Waals surface area contributed by atoms with Gasteiger partial charge >= 0.3 is 0 Å². The van der Waals surface area contributed by atoms with Gasteiger partial charge in [0, 0.05) is 30.7 Å². The summed E-state index contributed by atoms with van der Waals surface area (Å²) in [6, 6.07) is 11.7. The van der Waals surface area contributed by atoms with Gasteiger partial charge in [-0.2, -0.15) is 0 Å². The Morgan fingerprint density at radius 1 is 1.25 bits per heavy atom. The molecule has 24 heavy (non-hydrogen) atoms. The van der Waals surface area contributed by atoms with Crippen LogP contribution in [-0.2, 0) is 11.3 Å². The number of rotatable bonds is 4. The fraction of sp³-hybridized carbons (Fsp3) is 0.474. The molecule has 5 heteroatoms. The van der Waals surface area contributed by atoms with Crippen LogP contribution in [0.4, 0.5) is 0 Å². The molecule has 2 atom stereocenters. The van der Waals surface area contributed by atoms with Crippen LogP contribution in [0.2, 0.25) is 5.02 Å². The zero-order valence-corrected chi connectivity index (χ0v) is 14.3. The van der Waals surface area contributed by atoms with Crippen molar-refractivity contribution < 1.29 is 14.3 Å². The van der Waals surface area contributed by atoms with E-state index in [-0.39, 0.29) is 12.0 Å². The van der Waals surface area contributed by atoms with Crippen LogP contribution in [-0.4, -0.2) is 42.9 Å². The molecule has 0 radical (unpaired) electrons. The van der Waals surface area contributed by atoms with Crippen LogP contribution < -0.4 is 0 Å². The molecule has 0 amide bonds. The normalized spacial score (nSPS) is 27.3. The van der Waals surface area contributed by atoms with Gasteiger partial charge in [0.25, 0.3) is 0 Å². The van der Waals surface area contributed by atoms with Gasteiger partial charge in [0.2, 0.25) is 0 Å². The van der Waals surface area contributed by atoms with Crippen LogP contribution >= 0.6 is 11.6 Å². The molecule has 2 aliphatic heterocycles. The van der Waals surface area contributed by atoms with Crippen molar-refractivity contribution in [2.24, 2.45) is 11.3 Å². The zero-order valence-electron chi connectivity index (χ0n) is 13.6. The molecule has 0 aliphatic carbocycles. The lowest BCUT2D eigenvalue weighted by Crippen LogP contribution is -2.42. The van der Waals surface area contributed by atoms with E-state index in [9.17, 15) is 5.11 Å². The molecule has 1 aromatic carbocycles. The number of ether oxygens (including phenoxy) is 1. The Kier molecular flexibility index (Phi) is 4.39. The second-order valence-electron chi connectivity index (χ2n) is 6.97. The molecule has 2 fully saturated rings. The topological polar surface area (TPSA) is 45.8 Å². The highest BCUT2D eigenvalue weighted by Crippen LogP contribution is 2.41. The van der Waals surface area contributed by atoms with Gasteiger partial charge in [0.15, 0.2) is 0 Å². The van der Waals surface area contributed by atoms with Crippen LogP contribution in [0.15, 0.2) is 40.8 Å². The third-order valence-corrected chi connectivity index (χ3v) is 5.71. The van der Waals surface area contributed by atoms with Crippen LogP contribution in [0.3, 0.4) is 0 Å². The molecule has 1 aromatic heterocycles. The highest BCUT2D eigenvalue weighted by atomic mass is 35.5. The fourth-order valence-electron chi connectivity index (χ4n) is 4.04. The first-order valence-corrected chi connectivity index (χ1v) is 8.82. The Bertz CT molecular complexity index is 716. The maximum Gasteiger partial charge on any atom is 0.135 e. The van der Waals surface area contributed by atoms with Gasteiger partial charge in [0.05, 0.1) is 24.8 Å². The van der Waals surface area contributed by atoms with Crippen molar-refractivity contribution in [3.8, 4) is 11.3 Å². The van der Waals surface area contributed by atoms with Gasteiger partial charge in [-0.05, 0) is 36.6 Å². The first-order chi connectivity index (χ1) is 11.7. The lowest BCUT2D eigenvalue weighted by atomic mass is 9.76. The smallest absolute Gasteiger partial charge is 0.135 e. The predicted molar refractivity (Wildman–Crippen MR) is 92.9 cm³/mol. The van der Waals surface area contributed by atoms with Gasteiger partial charge < -0.3 is 14.3 Å². The molecule has 2 aromatic rings. The van der Waals surface area contributed by atoms with E-state index in [1.54, 1.807) is 0 Å². The Morgan fingerprint density at radius 2 is 2.12 bits per heavy atom. The monoisotopic (exact) mass is 347 g/mol. The van der Waals surface area contributed by atoms with Crippen LogP contribution in [0.5, 0.6) is 0 Å². The van der Waals surface area contributed by atoms with E-state index in [0.717, 1.165) is 49.7 Å². The number of halogens is 1. The van der Waals surface area contributed by atoms with Gasteiger partial charge in [-0.3, -0.25) is 4.90 Å². The van der Waals surface area contributed by atoms with Gasteiger partial charge in [-0.1, -0.05) is 23.7 Å². The summed E-state index contributed by atoms with van der Waals surface area (Å²) >= 11 is 6.25. The van der Waals surface area contributed by atoms with Crippen molar-refractivity contribution in [2.45, 2.75) is 13.0 Å². The molecule has 4 rings (SSSR count). The number of likely N-dealkylation sites (tertiary alicyclic amines) is 1. The van der Waals surface area contributed by atoms with Crippen LogP contribution in [0.25, 0.3) is 11.3 Å². The lowest BCUT2D eigenvalue weighted by molar-refractivity contribution is -0.0561. The molecule has 3 heterocycles. The van der Waals surface area contributed by atoms with E-state index in [0.29, 0.717) is 17.5 Å². The van der Waals surface area contributed by atoms with Crippen molar-refractivity contribution in [1.82, 2.24) is 4.90 Å². The number of furan rings is 1. The molecule has 0 unspecified atom stereocenters. The van der Waals surface area contributed by atoms with E-state index in [2.05, 4.69) is 4.90 Å². The van der Waals surface area contributed by atoms with Gasteiger partial charge in [0.1, 0.15) is 11.5 Å². The van der Waals surface area contributed by atoms with Crippen molar-refractivity contribution in [3.05, 3.63) is 47.2 Å². The third-order valence-electron chi connectivity index (χ3n) is 5.38. The van der Waals surface area contributed by atoms with E-state index >= 15 is 0 Å². The number of hydrogen-bond acceptors (Lipinski definition) is 4. The summed E-state index contributed by atoms with van der Waals surface area (Å²) in [5, 5.41) is 10.6. The maximum atomic E-state index is 9.87. The minimum absolute atomic E-state index is 0.101. The fourth-order valence-corrected chi connectivity index (χ4v) is 4.27. The Balaban J connectivity index is 1.48. The summed E-state index contributed by atoms with van der Waals surface area (Å²) in [5.41, 5.74) is 0.817. The second-order valence-corrected chi connectivity index (χ2v) is 7.38. The number of hydrogen-bond donors (Lipinski definition) is 1. The highest BCUT2D eigenvalue weighted by Gasteiger charge is 2.48. The summed E-state index contributed by atoms with van der Waals surface area (Å²) in [5.74, 6) is 2.24. The Labute approximate surface area is 147 Å². The van der Waals surface area contributed by atoms with Crippen molar-refractivity contribution in [1.29, 1.82) is 0 Å². The summed E-state index contributed by atoms with van der Waals surface area (Å²) in [4.78, 5) is 2.37. The number of fused-ring (bicyclic) bond motifs is 1. The first-order valence-electron chi connectivity index (χ1n) is 8.45. The van der Waals surface area contributed by atoms with Gasteiger partial charge in [-0.25, -0.2) is 0 Å². The van der Waals surface area contributed by atoms with Crippen LogP contribution in [0.1, 0.15) is 12.2 Å². The van der Waals surface area contributed by atoms with Crippen molar-refractivity contribution in [3.63, 3.8) is 0 Å². The average Bonchev–Trinajstić information content (AvgIpc) is 3.20. The SMILES string of the molecule is OC[C@]12COCC[C@H]1CN(Cc1ccc(-c3ccccc3Cl)o1)C2. The van der Waals surface area contributed by atoms with E-state index in [1.807, 2.05) is 36.4 Å².